The van der Waals surface area contributed by atoms with Crippen LogP contribution in [0.25, 0.3) is 0 Å². The molecule has 2 saturated heterocycles. The average molecular weight is 577 g/mol. The normalized spacial score (nSPS) is 20.7. The number of hydrogen-bond donors (Lipinski definition) is 2. The summed E-state index contributed by atoms with van der Waals surface area (Å²) in [5.41, 5.74) is 0.0554. The van der Waals surface area contributed by atoms with Crippen molar-refractivity contribution in [3.8, 4) is 0 Å². The Morgan fingerprint density at radius 2 is 1.94 bits per heavy atom. The molecule has 1 aromatic carbocycles. The SMILES string of the molecule is CN=C(NCC(c1cccs1)N1CCOCC1)NC1CCN(c2c(F)cccc2F)C1.I. The third-order valence-electron chi connectivity index (χ3n) is 5.83. The van der Waals surface area contributed by atoms with Crippen LogP contribution in [0.2, 0.25) is 0 Å². The Morgan fingerprint density at radius 3 is 2.59 bits per heavy atom. The van der Waals surface area contributed by atoms with Crippen LogP contribution in [0, 0.1) is 11.6 Å². The van der Waals surface area contributed by atoms with E-state index in [9.17, 15) is 8.78 Å². The summed E-state index contributed by atoms with van der Waals surface area (Å²) >= 11 is 1.76. The van der Waals surface area contributed by atoms with Gasteiger partial charge in [0.25, 0.3) is 0 Å². The molecule has 2 fully saturated rings. The number of rotatable bonds is 6. The van der Waals surface area contributed by atoms with Crippen molar-refractivity contribution in [2.24, 2.45) is 4.99 Å². The number of thiophene rings is 1. The lowest BCUT2D eigenvalue weighted by atomic mass is 10.2. The van der Waals surface area contributed by atoms with Gasteiger partial charge in [-0.3, -0.25) is 9.89 Å². The lowest BCUT2D eigenvalue weighted by molar-refractivity contribution is 0.0177. The number of halogens is 3. The van der Waals surface area contributed by atoms with E-state index in [1.807, 2.05) is 0 Å². The quantitative estimate of drug-likeness (QED) is 0.313. The molecule has 2 aromatic rings. The van der Waals surface area contributed by atoms with Gasteiger partial charge in [-0.15, -0.1) is 35.3 Å². The first-order chi connectivity index (χ1) is 15.2. The van der Waals surface area contributed by atoms with E-state index in [-0.39, 0.29) is 41.7 Å². The van der Waals surface area contributed by atoms with Crippen molar-refractivity contribution in [2.75, 3.05) is 57.9 Å². The molecule has 2 unspecified atom stereocenters. The maximum atomic E-state index is 14.1. The first-order valence-electron chi connectivity index (χ1n) is 10.7. The van der Waals surface area contributed by atoms with E-state index < -0.39 is 11.6 Å². The lowest BCUT2D eigenvalue weighted by Gasteiger charge is -2.34. The summed E-state index contributed by atoms with van der Waals surface area (Å²) in [5, 5.41) is 8.98. The van der Waals surface area contributed by atoms with Gasteiger partial charge in [-0.1, -0.05) is 12.1 Å². The van der Waals surface area contributed by atoms with Crippen molar-refractivity contribution in [2.45, 2.75) is 18.5 Å². The van der Waals surface area contributed by atoms with Crippen LogP contribution in [0.3, 0.4) is 0 Å². The van der Waals surface area contributed by atoms with Gasteiger partial charge in [0.05, 0.1) is 19.3 Å². The highest BCUT2D eigenvalue weighted by atomic mass is 127. The van der Waals surface area contributed by atoms with Crippen LogP contribution in [0.4, 0.5) is 14.5 Å². The standard InChI is InChI=1S/C22H29F2N5OS.HI/c1-25-22(26-14-19(20-6-3-13-31-20)28-9-11-30-12-10-28)27-16-7-8-29(15-16)21-17(23)4-2-5-18(21)24;/h2-6,13,16,19H,7-12,14-15H2,1H3,(H2,25,26,27);1H. The van der Waals surface area contributed by atoms with Crippen LogP contribution in [-0.2, 0) is 4.74 Å². The Hall–Kier alpha value is -1.50. The second-order valence-corrected chi connectivity index (χ2v) is 8.76. The number of hydrogen-bond acceptors (Lipinski definition) is 5. The number of guanidine groups is 1. The zero-order valence-electron chi connectivity index (χ0n) is 18.1. The van der Waals surface area contributed by atoms with Gasteiger partial charge in [-0.25, -0.2) is 8.78 Å². The molecule has 32 heavy (non-hydrogen) atoms. The smallest absolute Gasteiger partial charge is 0.191 e. The molecule has 0 aliphatic carbocycles. The van der Waals surface area contributed by atoms with Gasteiger partial charge >= 0.3 is 0 Å². The molecule has 176 valence electrons. The molecule has 3 heterocycles. The van der Waals surface area contributed by atoms with Crippen molar-refractivity contribution in [3.63, 3.8) is 0 Å². The number of nitrogens with one attached hydrogen (secondary N) is 2. The molecular formula is C22H30F2IN5OS. The third-order valence-corrected chi connectivity index (χ3v) is 6.80. The minimum absolute atomic E-state index is 0. The monoisotopic (exact) mass is 577 g/mol. The summed E-state index contributed by atoms with van der Waals surface area (Å²) in [4.78, 5) is 9.88. The van der Waals surface area contributed by atoms with Crippen molar-refractivity contribution in [1.82, 2.24) is 15.5 Å². The van der Waals surface area contributed by atoms with Gasteiger partial charge in [-0.05, 0) is 30.0 Å². The zero-order chi connectivity index (χ0) is 21.6. The van der Waals surface area contributed by atoms with E-state index in [0.717, 1.165) is 39.3 Å². The summed E-state index contributed by atoms with van der Waals surface area (Å²) in [6, 6.07) is 8.55. The van der Waals surface area contributed by atoms with E-state index in [1.54, 1.807) is 23.3 Å². The van der Waals surface area contributed by atoms with E-state index >= 15 is 0 Å². The van der Waals surface area contributed by atoms with Gasteiger partial charge in [0.1, 0.15) is 17.3 Å². The summed E-state index contributed by atoms with van der Waals surface area (Å²) < 4.78 is 33.8. The lowest BCUT2D eigenvalue weighted by Crippen LogP contribution is -2.48. The Balaban J connectivity index is 0.00000289. The first-order valence-corrected chi connectivity index (χ1v) is 11.5. The molecule has 0 amide bonds. The molecule has 10 heteroatoms. The molecule has 6 nitrogen and oxygen atoms in total. The molecule has 0 bridgehead atoms. The fraction of sp³-hybridized carbons (Fsp3) is 0.500. The second kappa shape index (κ2) is 12.1. The highest BCUT2D eigenvalue weighted by Gasteiger charge is 2.28. The van der Waals surface area contributed by atoms with Crippen LogP contribution in [0.1, 0.15) is 17.3 Å². The fourth-order valence-corrected chi connectivity index (χ4v) is 5.09. The Bertz CT molecular complexity index is 859. The van der Waals surface area contributed by atoms with Crippen LogP contribution >= 0.6 is 35.3 Å². The number of benzene rings is 1. The summed E-state index contributed by atoms with van der Waals surface area (Å²) in [6.07, 6.45) is 0.784. The number of ether oxygens (including phenoxy) is 1. The minimum atomic E-state index is -0.521. The van der Waals surface area contributed by atoms with Gasteiger partial charge in [0.15, 0.2) is 5.96 Å². The van der Waals surface area contributed by atoms with E-state index in [0.29, 0.717) is 19.0 Å². The predicted octanol–water partition coefficient (Wildman–Crippen LogP) is 3.46. The average Bonchev–Trinajstić information content (AvgIpc) is 3.46. The van der Waals surface area contributed by atoms with Gasteiger partial charge in [0.2, 0.25) is 0 Å². The summed E-state index contributed by atoms with van der Waals surface area (Å²) in [5.74, 6) is -0.337. The molecule has 2 N–H and O–H groups in total. The maximum absolute atomic E-state index is 14.1. The number of aliphatic imine (C=N–C) groups is 1. The highest BCUT2D eigenvalue weighted by Crippen LogP contribution is 2.27. The molecule has 0 saturated carbocycles. The third kappa shape index (κ3) is 6.09. The Labute approximate surface area is 209 Å². The van der Waals surface area contributed by atoms with Crippen molar-refractivity contribution in [3.05, 3.63) is 52.2 Å². The van der Waals surface area contributed by atoms with Crippen molar-refractivity contribution >= 4 is 47.0 Å². The van der Waals surface area contributed by atoms with Crippen LogP contribution < -0.4 is 15.5 Å². The molecule has 4 rings (SSSR count). The van der Waals surface area contributed by atoms with Gasteiger partial charge in [-0.2, -0.15) is 0 Å². The van der Waals surface area contributed by atoms with Crippen LogP contribution in [-0.4, -0.2) is 69.9 Å². The van der Waals surface area contributed by atoms with Crippen LogP contribution in [0.15, 0.2) is 40.7 Å². The van der Waals surface area contributed by atoms with Crippen molar-refractivity contribution < 1.29 is 13.5 Å². The molecule has 2 aliphatic heterocycles. The molecule has 2 atom stereocenters. The van der Waals surface area contributed by atoms with Gasteiger partial charge in [0, 0.05) is 50.7 Å². The Morgan fingerprint density at radius 1 is 1.19 bits per heavy atom. The molecule has 2 aliphatic rings. The van der Waals surface area contributed by atoms with E-state index in [1.165, 1.54) is 23.1 Å². The van der Waals surface area contributed by atoms with Gasteiger partial charge < -0.3 is 20.3 Å². The first kappa shape index (κ1) is 25.1. The fourth-order valence-electron chi connectivity index (χ4n) is 4.23. The predicted molar refractivity (Wildman–Crippen MR) is 136 cm³/mol. The molecule has 1 aromatic heterocycles. The maximum Gasteiger partial charge on any atom is 0.191 e. The number of para-hydroxylation sites is 1. The largest absolute Gasteiger partial charge is 0.379 e. The van der Waals surface area contributed by atoms with Crippen molar-refractivity contribution in [1.29, 1.82) is 0 Å². The molecule has 0 radical (unpaired) electrons. The van der Waals surface area contributed by atoms with Crippen LogP contribution in [0.5, 0.6) is 0 Å². The summed E-state index contributed by atoms with van der Waals surface area (Å²) in [6.45, 7) is 5.15. The highest BCUT2D eigenvalue weighted by molar-refractivity contribution is 14.0. The van der Waals surface area contributed by atoms with E-state index in [4.69, 9.17) is 4.74 Å². The summed E-state index contributed by atoms with van der Waals surface area (Å²) in [7, 11) is 1.74. The number of nitrogens with zero attached hydrogens (tertiary/aromatic N) is 3. The topological polar surface area (TPSA) is 52.1 Å². The van der Waals surface area contributed by atoms with E-state index in [2.05, 4.69) is 38.0 Å². The molecule has 0 spiro atoms. The Kier molecular flexibility index (Phi) is 9.50. The second-order valence-electron chi connectivity index (χ2n) is 7.78. The minimum Gasteiger partial charge on any atom is -0.379 e. The number of morpholine rings is 1. The zero-order valence-corrected chi connectivity index (χ0v) is 21.2. The number of anilines is 1. The molecular weight excluding hydrogens is 547 g/mol.